The molecule has 1 aromatic rings. The molecule has 3 aliphatic rings. The minimum atomic E-state index is -3.13. The van der Waals surface area contributed by atoms with Gasteiger partial charge in [-0.15, -0.1) is 0 Å². The Kier molecular flexibility index (Phi) is 3.45. The zero-order chi connectivity index (χ0) is 15.4. The van der Waals surface area contributed by atoms with Crippen molar-refractivity contribution < 1.29 is 8.42 Å². The first-order valence-electron chi connectivity index (χ1n) is 7.75. The number of hydrogen-bond donors (Lipinski definition) is 1. The summed E-state index contributed by atoms with van der Waals surface area (Å²) in [6.07, 6.45) is 3.48. The van der Waals surface area contributed by atoms with E-state index in [1.165, 1.54) is 23.8 Å². The maximum atomic E-state index is 11.8. The molecule has 1 fully saturated rings. The minimum absolute atomic E-state index is 0.296. The SMILES string of the molecule is C[C@H]1c2cc(S(C)(=O)=O)ccc2C[C@H]2NCC1CC2(C)C. The van der Waals surface area contributed by atoms with Crippen molar-refractivity contribution >= 4 is 9.84 Å². The molecule has 3 atom stereocenters. The van der Waals surface area contributed by atoms with Gasteiger partial charge in [-0.25, -0.2) is 8.42 Å². The molecule has 1 aromatic carbocycles. The van der Waals surface area contributed by atoms with Gasteiger partial charge in [0.1, 0.15) is 0 Å². The van der Waals surface area contributed by atoms with E-state index in [4.69, 9.17) is 0 Å². The standard InChI is InChI=1S/C17H25NO2S/c1-11-13-9-17(2,3)16(18-10-13)7-12-5-6-14(8-15(11)12)21(4,19)20/h5-6,8,11,13,16,18H,7,9-10H2,1-4H3/t11-,13?,16-/m1/s1. The average Bonchev–Trinajstić information content (AvgIpc) is 2.37. The predicted octanol–water partition coefficient (Wildman–Crippen LogP) is 2.75. The Hall–Kier alpha value is -0.870. The Morgan fingerprint density at radius 1 is 1.29 bits per heavy atom. The molecule has 21 heavy (non-hydrogen) atoms. The lowest BCUT2D eigenvalue weighted by atomic mass is 9.65. The minimum Gasteiger partial charge on any atom is -0.313 e. The highest BCUT2D eigenvalue weighted by atomic mass is 32.2. The van der Waals surface area contributed by atoms with E-state index >= 15 is 0 Å². The van der Waals surface area contributed by atoms with Gasteiger partial charge < -0.3 is 5.32 Å². The monoisotopic (exact) mass is 307 g/mol. The molecule has 4 rings (SSSR count). The van der Waals surface area contributed by atoms with Crippen molar-refractivity contribution in [2.45, 2.75) is 50.5 Å². The Bertz CT molecular complexity index is 663. The largest absolute Gasteiger partial charge is 0.313 e. The highest BCUT2D eigenvalue weighted by Gasteiger charge is 2.41. The van der Waals surface area contributed by atoms with Crippen LogP contribution in [0.15, 0.2) is 23.1 Å². The van der Waals surface area contributed by atoms with E-state index in [1.807, 2.05) is 12.1 Å². The van der Waals surface area contributed by atoms with Crippen LogP contribution in [0.3, 0.4) is 0 Å². The Morgan fingerprint density at radius 2 is 2.00 bits per heavy atom. The molecule has 1 unspecified atom stereocenters. The Morgan fingerprint density at radius 3 is 2.62 bits per heavy atom. The summed E-state index contributed by atoms with van der Waals surface area (Å²) in [6.45, 7) is 7.98. The van der Waals surface area contributed by atoms with Crippen molar-refractivity contribution in [1.82, 2.24) is 5.32 Å². The van der Waals surface area contributed by atoms with Crippen LogP contribution in [0.5, 0.6) is 0 Å². The Labute approximate surface area is 128 Å². The second-order valence-corrected chi connectivity index (χ2v) is 9.55. The predicted molar refractivity (Wildman–Crippen MR) is 85.3 cm³/mol. The van der Waals surface area contributed by atoms with Crippen LogP contribution in [0, 0.1) is 11.3 Å². The summed E-state index contributed by atoms with van der Waals surface area (Å²) >= 11 is 0. The Balaban J connectivity index is 2.11. The molecule has 0 saturated carbocycles. The summed E-state index contributed by atoms with van der Waals surface area (Å²) in [4.78, 5) is 0.455. The smallest absolute Gasteiger partial charge is 0.175 e. The molecule has 1 saturated heterocycles. The molecule has 2 bridgehead atoms. The summed E-state index contributed by atoms with van der Waals surface area (Å²) < 4.78 is 23.7. The van der Waals surface area contributed by atoms with E-state index in [2.05, 4.69) is 26.1 Å². The van der Waals surface area contributed by atoms with Gasteiger partial charge in [0, 0.05) is 12.3 Å². The van der Waals surface area contributed by atoms with E-state index < -0.39 is 9.84 Å². The fourth-order valence-electron chi connectivity index (χ4n) is 4.05. The first kappa shape index (κ1) is 15.0. The summed E-state index contributed by atoms with van der Waals surface area (Å²) in [6, 6.07) is 6.19. The molecule has 2 heterocycles. The van der Waals surface area contributed by atoms with Crippen LogP contribution in [0.1, 0.15) is 44.2 Å². The topological polar surface area (TPSA) is 46.2 Å². The highest BCUT2D eigenvalue weighted by Crippen LogP contribution is 2.44. The third kappa shape index (κ3) is 2.64. The molecule has 3 nitrogen and oxygen atoms in total. The third-order valence-corrected chi connectivity index (χ3v) is 6.64. The van der Waals surface area contributed by atoms with Gasteiger partial charge in [0.2, 0.25) is 0 Å². The molecule has 1 aliphatic carbocycles. The fraction of sp³-hybridized carbons (Fsp3) is 0.647. The molecule has 0 aromatic heterocycles. The highest BCUT2D eigenvalue weighted by molar-refractivity contribution is 7.90. The van der Waals surface area contributed by atoms with Crippen molar-refractivity contribution in [3.63, 3.8) is 0 Å². The van der Waals surface area contributed by atoms with E-state index in [0.717, 1.165) is 13.0 Å². The van der Waals surface area contributed by atoms with Gasteiger partial charge >= 0.3 is 0 Å². The van der Waals surface area contributed by atoms with Crippen molar-refractivity contribution in [2.75, 3.05) is 12.8 Å². The van der Waals surface area contributed by atoms with Crippen molar-refractivity contribution in [2.24, 2.45) is 11.3 Å². The molecule has 0 radical (unpaired) electrons. The first-order chi connectivity index (χ1) is 9.68. The fourth-order valence-corrected chi connectivity index (χ4v) is 4.71. The molecule has 4 heteroatoms. The molecule has 0 spiro atoms. The lowest BCUT2D eigenvalue weighted by Gasteiger charge is -2.48. The summed E-state index contributed by atoms with van der Waals surface area (Å²) in [5, 5.41) is 3.71. The lowest BCUT2D eigenvalue weighted by Crippen LogP contribution is -2.53. The molecule has 2 aliphatic heterocycles. The van der Waals surface area contributed by atoms with Crippen LogP contribution in [-0.4, -0.2) is 27.3 Å². The number of sulfone groups is 1. The zero-order valence-electron chi connectivity index (χ0n) is 13.3. The van der Waals surface area contributed by atoms with E-state index in [-0.39, 0.29) is 0 Å². The number of rotatable bonds is 1. The van der Waals surface area contributed by atoms with Crippen LogP contribution in [0.2, 0.25) is 0 Å². The second-order valence-electron chi connectivity index (χ2n) is 7.54. The van der Waals surface area contributed by atoms with Crippen LogP contribution >= 0.6 is 0 Å². The maximum absolute atomic E-state index is 11.8. The van der Waals surface area contributed by atoms with Crippen LogP contribution in [-0.2, 0) is 16.3 Å². The number of hydrogen-bond acceptors (Lipinski definition) is 3. The van der Waals surface area contributed by atoms with Crippen LogP contribution < -0.4 is 5.32 Å². The molecule has 0 amide bonds. The van der Waals surface area contributed by atoms with Crippen LogP contribution in [0.4, 0.5) is 0 Å². The van der Waals surface area contributed by atoms with Gasteiger partial charge in [-0.3, -0.25) is 0 Å². The third-order valence-electron chi connectivity index (χ3n) is 5.53. The first-order valence-corrected chi connectivity index (χ1v) is 9.64. The van der Waals surface area contributed by atoms with Crippen molar-refractivity contribution in [3.8, 4) is 0 Å². The quantitative estimate of drug-likeness (QED) is 0.868. The van der Waals surface area contributed by atoms with E-state index in [1.54, 1.807) is 6.07 Å². The summed E-state index contributed by atoms with van der Waals surface area (Å²) in [7, 11) is -3.13. The van der Waals surface area contributed by atoms with Gasteiger partial charge in [0.15, 0.2) is 9.84 Å². The van der Waals surface area contributed by atoms with Gasteiger partial charge in [-0.2, -0.15) is 0 Å². The maximum Gasteiger partial charge on any atom is 0.175 e. The average molecular weight is 307 g/mol. The number of benzene rings is 1. The second kappa shape index (κ2) is 4.82. The van der Waals surface area contributed by atoms with Gasteiger partial charge in [-0.1, -0.05) is 26.8 Å². The van der Waals surface area contributed by atoms with Crippen molar-refractivity contribution in [3.05, 3.63) is 29.3 Å². The van der Waals surface area contributed by atoms with Gasteiger partial charge in [0.25, 0.3) is 0 Å². The van der Waals surface area contributed by atoms with Gasteiger partial charge in [-0.05, 0) is 59.9 Å². The molecular formula is C17H25NO2S. The summed E-state index contributed by atoms with van der Waals surface area (Å²) in [5.74, 6) is 0.972. The normalized spacial score (nSPS) is 31.3. The number of fused-ring (bicyclic) bond motifs is 2. The molecule has 1 N–H and O–H groups in total. The molecule has 116 valence electrons. The summed E-state index contributed by atoms with van der Waals surface area (Å²) in [5.41, 5.74) is 2.85. The number of nitrogens with one attached hydrogen (secondary N) is 1. The molecular weight excluding hydrogens is 282 g/mol. The van der Waals surface area contributed by atoms with E-state index in [9.17, 15) is 8.42 Å². The van der Waals surface area contributed by atoms with Gasteiger partial charge in [0.05, 0.1) is 4.90 Å². The van der Waals surface area contributed by atoms with Crippen molar-refractivity contribution in [1.29, 1.82) is 0 Å². The zero-order valence-corrected chi connectivity index (χ0v) is 14.1. The van der Waals surface area contributed by atoms with Crippen LogP contribution in [0.25, 0.3) is 0 Å². The number of piperidine rings is 1. The van der Waals surface area contributed by atoms with E-state index in [0.29, 0.717) is 28.2 Å². The lowest BCUT2D eigenvalue weighted by molar-refractivity contribution is 0.113.